The van der Waals surface area contributed by atoms with E-state index >= 15 is 0 Å². The number of rotatable bonds is 2. The van der Waals surface area contributed by atoms with Crippen molar-refractivity contribution in [3.63, 3.8) is 0 Å². The predicted molar refractivity (Wildman–Crippen MR) is 54.8 cm³/mol. The molecule has 0 saturated heterocycles. The Morgan fingerprint density at radius 2 is 1.82 bits per heavy atom. The third-order valence-corrected chi connectivity index (χ3v) is 2.30. The van der Waals surface area contributed by atoms with E-state index in [9.17, 15) is 13.2 Å². The van der Waals surface area contributed by atoms with Crippen LogP contribution < -0.4 is 5.73 Å². The summed E-state index contributed by atoms with van der Waals surface area (Å²) in [5, 5.41) is 3.05. The number of hydrogen-bond acceptors (Lipinski definition) is 3. The zero-order valence-corrected chi connectivity index (χ0v) is 8.66. The Morgan fingerprint density at radius 1 is 1.18 bits per heavy atom. The molecular weight excluding hydrogens is 233 g/mol. The van der Waals surface area contributed by atoms with Crippen molar-refractivity contribution in [3.05, 3.63) is 41.6 Å². The monoisotopic (exact) mass is 242 g/mol. The number of alkyl halides is 3. The lowest BCUT2D eigenvalue weighted by Crippen LogP contribution is -2.11. The van der Waals surface area contributed by atoms with E-state index < -0.39 is 11.9 Å². The first-order chi connectivity index (χ1) is 8.04. The lowest BCUT2D eigenvalue weighted by molar-refractivity contribution is -0.143. The molecule has 0 bridgehead atoms. The Labute approximate surface area is 95.0 Å². The molecule has 0 spiro atoms. The zero-order valence-electron chi connectivity index (χ0n) is 8.66. The molecule has 0 aliphatic rings. The fourth-order valence-corrected chi connectivity index (χ4v) is 1.54. The average molecular weight is 242 g/mol. The van der Waals surface area contributed by atoms with Crippen LogP contribution in [0.4, 0.5) is 13.2 Å². The molecule has 0 aliphatic carbocycles. The number of nitrogens with two attached hydrogens (primary N) is 1. The first-order valence-electron chi connectivity index (χ1n) is 4.85. The van der Waals surface area contributed by atoms with Gasteiger partial charge in [0.2, 0.25) is 0 Å². The Bertz CT molecular complexity index is 505. The van der Waals surface area contributed by atoms with Crippen LogP contribution in [0, 0.1) is 0 Å². The van der Waals surface area contributed by atoms with Gasteiger partial charge < -0.3 is 10.3 Å². The van der Waals surface area contributed by atoms with Crippen molar-refractivity contribution in [2.45, 2.75) is 12.7 Å². The van der Waals surface area contributed by atoms with Crippen molar-refractivity contribution in [2.75, 3.05) is 0 Å². The van der Waals surface area contributed by atoms with Gasteiger partial charge in [0.25, 0.3) is 0 Å². The second-order valence-electron chi connectivity index (χ2n) is 3.41. The number of halogens is 3. The first-order valence-corrected chi connectivity index (χ1v) is 4.85. The summed E-state index contributed by atoms with van der Waals surface area (Å²) in [6, 6.07) is 8.43. The summed E-state index contributed by atoms with van der Waals surface area (Å²) in [6.45, 7) is -0.275. The lowest BCUT2D eigenvalue weighted by Gasteiger charge is -2.04. The third kappa shape index (κ3) is 2.16. The molecular formula is C11H9F3N2O. The predicted octanol–water partition coefficient (Wildman–Crippen LogP) is 2.82. The van der Waals surface area contributed by atoms with E-state index in [-0.39, 0.29) is 17.9 Å². The van der Waals surface area contributed by atoms with Gasteiger partial charge in [0.05, 0.1) is 0 Å². The highest BCUT2D eigenvalue weighted by molar-refractivity contribution is 5.62. The normalized spacial score (nSPS) is 11.8. The van der Waals surface area contributed by atoms with Crippen LogP contribution >= 0.6 is 0 Å². The molecule has 6 heteroatoms. The summed E-state index contributed by atoms with van der Waals surface area (Å²) in [6.07, 6.45) is -4.55. The Balaban J connectivity index is 2.54. The topological polar surface area (TPSA) is 52.0 Å². The van der Waals surface area contributed by atoms with Gasteiger partial charge in [-0.3, -0.25) is 0 Å². The Hall–Kier alpha value is -1.82. The van der Waals surface area contributed by atoms with Gasteiger partial charge in [0.15, 0.2) is 11.5 Å². The van der Waals surface area contributed by atoms with Crippen LogP contribution in [0.1, 0.15) is 11.3 Å². The van der Waals surface area contributed by atoms with Crippen molar-refractivity contribution in [3.8, 4) is 11.3 Å². The van der Waals surface area contributed by atoms with Gasteiger partial charge in [-0.25, -0.2) is 0 Å². The Kier molecular flexibility index (Phi) is 2.89. The third-order valence-electron chi connectivity index (χ3n) is 2.30. The smallest absolute Gasteiger partial charge is 0.355 e. The SMILES string of the molecule is NCc1c(C(F)(F)F)noc1-c1ccccc1. The summed E-state index contributed by atoms with van der Waals surface area (Å²) in [7, 11) is 0. The van der Waals surface area contributed by atoms with E-state index in [1.165, 1.54) is 0 Å². The van der Waals surface area contributed by atoms with Crippen LogP contribution in [-0.4, -0.2) is 5.16 Å². The van der Waals surface area contributed by atoms with E-state index in [2.05, 4.69) is 5.16 Å². The molecule has 17 heavy (non-hydrogen) atoms. The van der Waals surface area contributed by atoms with Crippen LogP contribution in [0.2, 0.25) is 0 Å². The highest BCUT2D eigenvalue weighted by atomic mass is 19.4. The Morgan fingerprint density at radius 3 is 2.35 bits per heavy atom. The molecule has 1 heterocycles. The molecule has 1 aromatic carbocycles. The molecule has 2 rings (SSSR count). The average Bonchev–Trinajstić information content (AvgIpc) is 2.73. The molecule has 0 radical (unpaired) electrons. The van der Waals surface area contributed by atoms with Gasteiger partial charge in [0.1, 0.15) is 0 Å². The summed E-state index contributed by atoms with van der Waals surface area (Å²) >= 11 is 0. The van der Waals surface area contributed by atoms with Gasteiger partial charge in [-0.1, -0.05) is 35.5 Å². The molecule has 0 amide bonds. The van der Waals surface area contributed by atoms with Crippen LogP contribution in [0.15, 0.2) is 34.9 Å². The molecule has 1 aromatic heterocycles. The highest BCUT2D eigenvalue weighted by Gasteiger charge is 2.39. The van der Waals surface area contributed by atoms with Crippen LogP contribution in [-0.2, 0) is 12.7 Å². The maximum absolute atomic E-state index is 12.6. The number of hydrogen-bond donors (Lipinski definition) is 1. The molecule has 0 saturated carbocycles. The number of benzene rings is 1. The fourth-order valence-electron chi connectivity index (χ4n) is 1.54. The van der Waals surface area contributed by atoms with Gasteiger partial charge in [0, 0.05) is 17.7 Å². The molecule has 0 aliphatic heterocycles. The van der Waals surface area contributed by atoms with E-state index in [4.69, 9.17) is 10.3 Å². The molecule has 0 atom stereocenters. The molecule has 2 aromatic rings. The zero-order chi connectivity index (χ0) is 12.5. The number of nitrogens with zero attached hydrogens (tertiary/aromatic N) is 1. The molecule has 90 valence electrons. The first kappa shape index (κ1) is 11.7. The summed E-state index contributed by atoms with van der Waals surface area (Å²) in [5.41, 5.74) is 4.68. The van der Waals surface area contributed by atoms with Gasteiger partial charge in [-0.05, 0) is 0 Å². The van der Waals surface area contributed by atoms with Crippen molar-refractivity contribution in [1.29, 1.82) is 0 Å². The summed E-state index contributed by atoms with van der Waals surface area (Å²) < 4.78 is 42.5. The van der Waals surface area contributed by atoms with Crippen molar-refractivity contribution < 1.29 is 17.7 Å². The van der Waals surface area contributed by atoms with Gasteiger partial charge >= 0.3 is 6.18 Å². The van der Waals surface area contributed by atoms with Crippen LogP contribution in [0.3, 0.4) is 0 Å². The maximum Gasteiger partial charge on any atom is 0.437 e. The second-order valence-corrected chi connectivity index (χ2v) is 3.41. The van der Waals surface area contributed by atoms with E-state index in [0.29, 0.717) is 5.56 Å². The standard InChI is InChI=1S/C11H9F3N2O/c12-11(13,14)10-8(6-15)9(17-16-10)7-4-2-1-3-5-7/h1-5H,6,15H2. The molecule has 2 N–H and O–H groups in total. The number of aromatic nitrogens is 1. The van der Waals surface area contributed by atoms with Gasteiger partial charge in [-0.15, -0.1) is 0 Å². The molecule has 0 fully saturated rings. The van der Waals surface area contributed by atoms with E-state index in [0.717, 1.165) is 0 Å². The quantitative estimate of drug-likeness (QED) is 0.880. The van der Waals surface area contributed by atoms with Crippen molar-refractivity contribution >= 4 is 0 Å². The summed E-state index contributed by atoms with van der Waals surface area (Å²) in [4.78, 5) is 0. The highest BCUT2D eigenvalue weighted by Crippen LogP contribution is 2.35. The largest absolute Gasteiger partial charge is 0.437 e. The minimum absolute atomic E-state index is 0.0698. The molecule has 0 unspecified atom stereocenters. The molecule has 3 nitrogen and oxygen atoms in total. The van der Waals surface area contributed by atoms with E-state index in [1.807, 2.05) is 0 Å². The maximum atomic E-state index is 12.6. The van der Waals surface area contributed by atoms with Gasteiger partial charge in [-0.2, -0.15) is 13.2 Å². The summed E-state index contributed by atoms with van der Waals surface area (Å²) in [5.74, 6) is 0.0698. The minimum Gasteiger partial charge on any atom is -0.355 e. The minimum atomic E-state index is -4.55. The second kappa shape index (κ2) is 4.21. The fraction of sp³-hybridized carbons (Fsp3) is 0.182. The van der Waals surface area contributed by atoms with Crippen molar-refractivity contribution in [2.24, 2.45) is 5.73 Å². The van der Waals surface area contributed by atoms with Crippen molar-refractivity contribution in [1.82, 2.24) is 5.16 Å². The van der Waals surface area contributed by atoms with E-state index in [1.54, 1.807) is 30.3 Å². The van der Waals surface area contributed by atoms with Crippen LogP contribution in [0.5, 0.6) is 0 Å². The van der Waals surface area contributed by atoms with Crippen LogP contribution in [0.25, 0.3) is 11.3 Å². The lowest BCUT2D eigenvalue weighted by atomic mass is 10.1.